The molecule has 0 spiro atoms. The van der Waals surface area contributed by atoms with Gasteiger partial charge in [0.15, 0.2) is 11.3 Å². The Hall–Kier alpha value is -3.50. The third-order valence-corrected chi connectivity index (χ3v) is 4.85. The van der Waals surface area contributed by atoms with E-state index in [2.05, 4.69) is 15.3 Å². The number of fused-ring (bicyclic) bond motifs is 1. The molecule has 1 N–H and O–H groups in total. The van der Waals surface area contributed by atoms with Crippen LogP contribution in [0.2, 0.25) is 0 Å². The topological polar surface area (TPSA) is 105 Å². The highest BCUT2D eigenvalue weighted by atomic mass is 19.4. The molecule has 0 bridgehead atoms. The summed E-state index contributed by atoms with van der Waals surface area (Å²) in [6.07, 6.45) is -1.40. The van der Waals surface area contributed by atoms with Crippen molar-refractivity contribution in [2.45, 2.75) is 32.4 Å². The first-order valence-electron chi connectivity index (χ1n) is 9.96. The van der Waals surface area contributed by atoms with Gasteiger partial charge in [-0.2, -0.15) is 13.2 Å². The predicted molar refractivity (Wildman–Crippen MR) is 110 cm³/mol. The highest BCUT2D eigenvalue weighted by Gasteiger charge is 2.37. The Morgan fingerprint density at radius 1 is 1.28 bits per heavy atom. The lowest BCUT2D eigenvalue weighted by Crippen LogP contribution is -2.21. The number of aromatic nitrogens is 2. The van der Waals surface area contributed by atoms with E-state index in [-0.39, 0.29) is 16.5 Å². The predicted octanol–water partition coefficient (Wildman–Crippen LogP) is 5.27. The van der Waals surface area contributed by atoms with Crippen LogP contribution in [0.15, 0.2) is 40.1 Å². The van der Waals surface area contributed by atoms with Crippen LogP contribution in [0.25, 0.3) is 11.0 Å². The van der Waals surface area contributed by atoms with Crippen molar-refractivity contribution < 1.29 is 27.2 Å². The van der Waals surface area contributed by atoms with Gasteiger partial charge in [0.05, 0.1) is 17.6 Å². The van der Waals surface area contributed by atoms with Gasteiger partial charge in [-0.1, -0.05) is 18.5 Å². The Labute approximate surface area is 181 Å². The number of nitrogens with one attached hydrogen (secondary N) is 1. The molecule has 0 saturated carbocycles. The summed E-state index contributed by atoms with van der Waals surface area (Å²) < 4.78 is 50.2. The smallest absolute Gasteiger partial charge is 0.437 e. The van der Waals surface area contributed by atoms with Gasteiger partial charge in [-0.3, -0.25) is 4.79 Å². The van der Waals surface area contributed by atoms with Crippen molar-refractivity contribution in [3.05, 3.63) is 47.3 Å². The van der Waals surface area contributed by atoms with E-state index < -0.39 is 17.8 Å². The molecule has 3 aromatic rings. The molecule has 2 heterocycles. The average Bonchev–Trinajstić information content (AvgIpc) is 3.22. The number of pyridine rings is 1. The largest absolute Gasteiger partial charge is 0.493 e. The first-order valence-corrected chi connectivity index (χ1v) is 9.96. The molecule has 0 saturated heterocycles. The lowest BCUT2D eigenvalue weighted by Gasteiger charge is -2.18. The SMILES string of the molecule is CCCc1c(OCCCN(C)c2ccc(C(=O)N=N)cn2)ccc2c(C(F)(F)F)noc12. The molecule has 3 rings (SSSR count). The number of ether oxygens (including phenoxy) is 1. The zero-order valence-electron chi connectivity index (χ0n) is 17.6. The van der Waals surface area contributed by atoms with Crippen LogP contribution < -0.4 is 9.64 Å². The van der Waals surface area contributed by atoms with Crippen molar-refractivity contribution in [3.8, 4) is 5.75 Å². The number of anilines is 1. The molecule has 0 aliphatic carbocycles. The van der Waals surface area contributed by atoms with Gasteiger partial charge in [0, 0.05) is 25.4 Å². The summed E-state index contributed by atoms with van der Waals surface area (Å²) >= 11 is 0. The van der Waals surface area contributed by atoms with Crippen molar-refractivity contribution in [2.24, 2.45) is 5.11 Å². The number of benzene rings is 1. The molecule has 11 heteroatoms. The van der Waals surface area contributed by atoms with Crippen molar-refractivity contribution in [2.75, 3.05) is 25.1 Å². The van der Waals surface area contributed by atoms with E-state index in [4.69, 9.17) is 14.8 Å². The Bertz CT molecular complexity index is 1100. The number of nitrogens with zero attached hydrogens (tertiary/aromatic N) is 4. The van der Waals surface area contributed by atoms with Gasteiger partial charge in [-0.25, -0.2) is 10.5 Å². The molecule has 1 aromatic carbocycles. The van der Waals surface area contributed by atoms with Crippen LogP contribution in [0.4, 0.5) is 19.0 Å². The number of halogens is 3. The van der Waals surface area contributed by atoms with Crippen molar-refractivity contribution in [3.63, 3.8) is 0 Å². The third-order valence-electron chi connectivity index (χ3n) is 4.85. The summed E-state index contributed by atoms with van der Waals surface area (Å²) in [6.45, 7) is 2.85. The van der Waals surface area contributed by atoms with Crippen LogP contribution >= 0.6 is 0 Å². The van der Waals surface area contributed by atoms with Gasteiger partial charge in [0.1, 0.15) is 11.6 Å². The molecule has 170 valence electrons. The number of hydrogen-bond donors (Lipinski definition) is 1. The van der Waals surface area contributed by atoms with Crippen LogP contribution in [0.3, 0.4) is 0 Å². The molecule has 0 aliphatic rings. The summed E-state index contributed by atoms with van der Waals surface area (Å²) in [5.74, 6) is 0.460. The van der Waals surface area contributed by atoms with Crippen molar-refractivity contribution >= 4 is 22.7 Å². The number of amides is 1. The number of hydrogen-bond acceptors (Lipinski definition) is 7. The monoisotopic (exact) mass is 449 g/mol. The van der Waals surface area contributed by atoms with E-state index in [0.717, 1.165) is 0 Å². The molecule has 2 aromatic heterocycles. The number of alkyl halides is 3. The maximum absolute atomic E-state index is 13.1. The van der Waals surface area contributed by atoms with Crippen LogP contribution in [0.1, 0.15) is 41.4 Å². The third kappa shape index (κ3) is 5.04. The first-order chi connectivity index (χ1) is 15.3. The fourth-order valence-electron chi connectivity index (χ4n) is 3.27. The normalized spacial score (nSPS) is 11.5. The lowest BCUT2D eigenvalue weighted by atomic mass is 10.0. The van der Waals surface area contributed by atoms with Gasteiger partial charge in [0.25, 0.3) is 5.91 Å². The van der Waals surface area contributed by atoms with Gasteiger partial charge in [0.2, 0.25) is 0 Å². The lowest BCUT2D eigenvalue weighted by molar-refractivity contribution is -0.141. The maximum Gasteiger partial charge on any atom is 0.437 e. The zero-order valence-corrected chi connectivity index (χ0v) is 17.6. The Balaban J connectivity index is 1.64. The van der Waals surface area contributed by atoms with Crippen molar-refractivity contribution in [1.29, 1.82) is 5.53 Å². The van der Waals surface area contributed by atoms with E-state index in [1.165, 1.54) is 18.3 Å². The zero-order chi connectivity index (χ0) is 23.3. The second-order valence-corrected chi connectivity index (χ2v) is 7.14. The van der Waals surface area contributed by atoms with Crippen LogP contribution in [-0.2, 0) is 12.6 Å². The fraction of sp³-hybridized carbons (Fsp3) is 0.381. The minimum Gasteiger partial charge on any atom is -0.493 e. The molecule has 0 aliphatic heterocycles. The van der Waals surface area contributed by atoms with Crippen molar-refractivity contribution in [1.82, 2.24) is 10.1 Å². The second kappa shape index (κ2) is 9.75. The second-order valence-electron chi connectivity index (χ2n) is 7.14. The minimum absolute atomic E-state index is 0.0701. The number of rotatable bonds is 9. The molecule has 0 atom stereocenters. The van der Waals surface area contributed by atoms with Gasteiger partial charge >= 0.3 is 6.18 Å². The van der Waals surface area contributed by atoms with E-state index >= 15 is 0 Å². The van der Waals surface area contributed by atoms with E-state index in [0.29, 0.717) is 49.5 Å². The molecule has 1 amide bonds. The summed E-state index contributed by atoms with van der Waals surface area (Å²) in [6, 6.07) is 6.06. The molecule has 32 heavy (non-hydrogen) atoms. The Morgan fingerprint density at radius 3 is 2.69 bits per heavy atom. The number of carbonyl (C=O) groups is 1. The summed E-state index contributed by atoms with van der Waals surface area (Å²) in [5.41, 5.74) is 6.63. The summed E-state index contributed by atoms with van der Waals surface area (Å²) in [5, 5.41) is 6.00. The Kier molecular flexibility index (Phi) is 7.06. The van der Waals surface area contributed by atoms with Gasteiger partial charge in [-0.05, 0) is 37.1 Å². The highest BCUT2D eigenvalue weighted by molar-refractivity contribution is 5.94. The summed E-state index contributed by atoms with van der Waals surface area (Å²) in [7, 11) is 1.83. The number of aryl methyl sites for hydroxylation is 1. The van der Waals surface area contributed by atoms with Crippen LogP contribution in [-0.4, -0.2) is 36.2 Å². The Morgan fingerprint density at radius 2 is 2.06 bits per heavy atom. The first kappa shape index (κ1) is 23.2. The molecule has 8 nitrogen and oxygen atoms in total. The molecular formula is C21H22F3N5O3. The molecular weight excluding hydrogens is 427 g/mol. The van der Waals surface area contributed by atoms with Crippen LogP contribution in [0, 0.1) is 5.53 Å². The van der Waals surface area contributed by atoms with E-state index in [1.54, 1.807) is 12.1 Å². The van der Waals surface area contributed by atoms with E-state index in [9.17, 15) is 18.0 Å². The number of carbonyl (C=O) groups excluding carboxylic acids is 1. The molecule has 0 unspecified atom stereocenters. The summed E-state index contributed by atoms with van der Waals surface area (Å²) in [4.78, 5) is 17.4. The van der Waals surface area contributed by atoms with Crippen LogP contribution in [0.5, 0.6) is 5.75 Å². The highest BCUT2D eigenvalue weighted by Crippen LogP contribution is 2.38. The average molecular weight is 449 g/mol. The van der Waals surface area contributed by atoms with E-state index in [1.807, 2.05) is 18.9 Å². The van der Waals surface area contributed by atoms with Gasteiger partial charge < -0.3 is 14.2 Å². The standard InChI is InChI=1S/C21H22F3N5O3/c1-3-5-14-16(8-7-15-18(14)32-28-19(15)21(22,23)24)31-11-4-10-29(2)17-9-6-13(12-26-17)20(30)27-25/h6-9,12,25H,3-5,10-11H2,1-2H3. The quantitative estimate of drug-likeness (QED) is 0.352. The van der Waals surface area contributed by atoms with Gasteiger partial charge in [-0.15, -0.1) is 5.11 Å². The minimum atomic E-state index is -4.59. The molecule has 0 fully saturated rings. The maximum atomic E-state index is 13.1. The fourth-order valence-corrected chi connectivity index (χ4v) is 3.27. The molecule has 0 radical (unpaired) electrons.